The van der Waals surface area contributed by atoms with Crippen molar-refractivity contribution in [1.29, 1.82) is 0 Å². The summed E-state index contributed by atoms with van der Waals surface area (Å²) in [5, 5.41) is 0. The third-order valence-electron chi connectivity index (χ3n) is 4.59. The number of carbonyl (C=O) groups excluding carboxylic acids is 2. The molecule has 0 saturated carbocycles. The number of esters is 2. The van der Waals surface area contributed by atoms with Gasteiger partial charge in [-0.1, -0.05) is 0 Å². The van der Waals surface area contributed by atoms with Gasteiger partial charge in [-0.2, -0.15) is 0 Å². The molecule has 2 aromatic rings. The molecule has 0 saturated heterocycles. The van der Waals surface area contributed by atoms with Gasteiger partial charge in [0.1, 0.15) is 0 Å². The fourth-order valence-corrected chi connectivity index (χ4v) is 3.50. The predicted molar refractivity (Wildman–Crippen MR) is 99.9 cm³/mol. The molecule has 6 heteroatoms. The van der Waals surface area contributed by atoms with Crippen molar-refractivity contribution in [3.05, 3.63) is 45.0 Å². The summed E-state index contributed by atoms with van der Waals surface area (Å²) in [7, 11) is 0. The van der Waals surface area contributed by atoms with E-state index in [-0.39, 0.29) is 11.9 Å². The van der Waals surface area contributed by atoms with Crippen molar-refractivity contribution in [3.63, 3.8) is 0 Å². The van der Waals surface area contributed by atoms with Crippen LogP contribution in [0, 0.1) is 27.7 Å². The van der Waals surface area contributed by atoms with Crippen molar-refractivity contribution < 1.29 is 19.1 Å². The van der Waals surface area contributed by atoms with Gasteiger partial charge in [-0.15, -0.1) is 0 Å². The molecule has 0 aliphatic carbocycles. The zero-order valence-corrected chi connectivity index (χ0v) is 16.5. The molecule has 0 spiro atoms. The number of H-pyrrole nitrogens is 2. The molecule has 2 heterocycles. The number of nitrogens with one attached hydrogen (secondary N) is 2. The van der Waals surface area contributed by atoms with Crippen LogP contribution in [0.2, 0.25) is 0 Å². The summed E-state index contributed by atoms with van der Waals surface area (Å²) < 4.78 is 10.4. The van der Waals surface area contributed by atoms with Crippen LogP contribution in [0.3, 0.4) is 0 Å². The van der Waals surface area contributed by atoms with E-state index in [0.717, 1.165) is 33.9 Å². The lowest BCUT2D eigenvalue weighted by Gasteiger charge is -2.09. The summed E-state index contributed by atoms with van der Waals surface area (Å²) in [6.45, 7) is 11.9. The summed E-state index contributed by atoms with van der Waals surface area (Å²) in [5.74, 6) is -0.617. The Morgan fingerprint density at radius 1 is 0.692 bits per heavy atom. The quantitative estimate of drug-likeness (QED) is 0.737. The van der Waals surface area contributed by atoms with Gasteiger partial charge in [0.15, 0.2) is 0 Å². The molecule has 0 unspecified atom stereocenters. The molecule has 142 valence electrons. The zero-order valence-electron chi connectivity index (χ0n) is 16.5. The lowest BCUT2D eigenvalue weighted by molar-refractivity contribution is 0.0513. The molecule has 6 nitrogen and oxygen atoms in total. The topological polar surface area (TPSA) is 84.2 Å². The smallest absolute Gasteiger partial charge is 0.340 e. The Morgan fingerprint density at radius 3 is 1.35 bits per heavy atom. The minimum absolute atomic E-state index is 0.308. The Bertz CT molecular complexity index is 746. The van der Waals surface area contributed by atoms with Gasteiger partial charge in [0.05, 0.1) is 24.3 Å². The maximum absolute atomic E-state index is 12.3. The summed E-state index contributed by atoms with van der Waals surface area (Å²) in [6.07, 6.45) is 1.27. The van der Waals surface area contributed by atoms with Gasteiger partial charge in [-0.25, -0.2) is 9.59 Å². The van der Waals surface area contributed by atoms with E-state index in [9.17, 15) is 9.59 Å². The molecule has 0 amide bonds. The van der Waals surface area contributed by atoms with Crippen LogP contribution in [-0.4, -0.2) is 35.1 Å². The summed E-state index contributed by atoms with van der Waals surface area (Å²) in [6, 6.07) is 0. The summed E-state index contributed by atoms with van der Waals surface area (Å²) >= 11 is 0. The molecule has 2 aromatic heterocycles. The van der Waals surface area contributed by atoms with E-state index in [2.05, 4.69) is 9.97 Å². The maximum atomic E-state index is 12.3. The van der Waals surface area contributed by atoms with Gasteiger partial charge >= 0.3 is 11.9 Å². The van der Waals surface area contributed by atoms with Gasteiger partial charge in [0.25, 0.3) is 0 Å². The van der Waals surface area contributed by atoms with Crippen molar-refractivity contribution in [3.8, 4) is 0 Å². The Kier molecular flexibility index (Phi) is 6.29. The third-order valence-corrected chi connectivity index (χ3v) is 4.59. The molecule has 0 atom stereocenters. The van der Waals surface area contributed by atoms with Crippen LogP contribution in [0.1, 0.15) is 68.5 Å². The number of rotatable bonds is 7. The van der Waals surface area contributed by atoms with Crippen LogP contribution in [-0.2, 0) is 22.3 Å². The predicted octanol–water partition coefficient (Wildman–Crippen LogP) is 3.72. The Morgan fingerprint density at radius 2 is 1.04 bits per heavy atom. The lowest BCUT2D eigenvalue weighted by Crippen LogP contribution is -2.11. The van der Waals surface area contributed by atoms with E-state index in [4.69, 9.17) is 9.47 Å². The highest BCUT2D eigenvalue weighted by atomic mass is 16.5. The van der Waals surface area contributed by atoms with Crippen LogP contribution in [0.15, 0.2) is 0 Å². The Labute approximate surface area is 154 Å². The zero-order chi connectivity index (χ0) is 19.4. The number of aryl methyl sites for hydroxylation is 4. The molecule has 0 fully saturated rings. The molecule has 0 bridgehead atoms. The fourth-order valence-electron chi connectivity index (χ4n) is 3.50. The Hall–Kier alpha value is -2.50. The van der Waals surface area contributed by atoms with E-state index in [1.54, 1.807) is 13.8 Å². The first-order chi connectivity index (χ1) is 12.3. The maximum Gasteiger partial charge on any atom is 0.340 e. The minimum atomic E-state index is -0.308. The standard InChI is InChI=1S/C20H28N2O4/c1-7-25-19(23)17-13(5)21-11(3)15(17)9-10-16-12(4)22-14(6)18(16)20(24)26-8-2/h21-22H,7-10H2,1-6H3. The highest BCUT2D eigenvalue weighted by Gasteiger charge is 2.23. The third kappa shape index (κ3) is 3.84. The molecule has 2 N–H and O–H groups in total. The van der Waals surface area contributed by atoms with Crippen LogP contribution in [0.5, 0.6) is 0 Å². The van der Waals surface area contributed by atoms with E-state index in [1.807, 2.05) is 27.7 Å². The number of aromatic amines is 2. The first-order valence-corrected chi connectivity index (χ1v) is 9.02. The van der Waals surface area contributed by atoms with Crippen LogP contribution < -0.4 is 0 Å². The minimum Gasteiger partial charge on any atom is -0.462 e. The van der Waals surface area contributed by atoms with Gasteiger partial charge < -0.3 is 19.4 Å². The number of carbonyl (C=O) groups is 2. The van der Waals surface area contributed by atoms with E-state index in [1.165, 1.54) is 0 Å². The number of hydrogen-bond donors (Lipinski definition) is 2. The summed E-state index contributed by atoms with van der Waals surface area (Å²) in [4.78, 5) is 31.1. The van der Waals surface area contributed by atoms with Crippen LogP contribution in [0.4, 0.5) is 0 Å². The summed E-state index contributed by atoms with van der Waals surface area (Å²) in [5.41, 5.74) is 6.61. The van der Waals surface area contributed by atoms with Crippen molar-refractivity contribution >= 4 is 11.9 Å². The van der Waals surface area contributed by atoms with Gasteiger partial charge in [-0.05, 0) is 65.5 Å². The van der Waals surface area contributed by atoms with Crippen molar-refractivity contribution in [2.24, 2.45) is 0 Å². The lowest BCUT2D eigenvalue weighted by atomic mass is 9.97. The van der Waals surface area contributed by atoms with E-state index >= 15 is 0 Å². The average molecular weight is 360 g/mol. The molecule has 26 heavy (non-hydrogen) atoms. The van der Waals surface area contributed by atoms with Gasteiger partial charge in [-0.3, -0.25) is 0 Å². The largest absolute Gasteiger partial charge is 0.462 e. The molecule has 0 aromatic carbocycles. The first-order valence-electron chi connectivity index (χ1n) is 9.02. The van der Waals surface area contributed by atoms with Crippen molar-refractivity contribution in [2.75, 3.05) is 13.2 Å². The van der Waals surface area contributed by atoms with Crippen LogP contribution >= 0.6 is 0 Å². The molecule has 0 aliphatic heterocycles. The highest BCUT2D eigenvalue weighted by molar-refractivity contribution is 5.94. The molecule has 0 aliphatic rings. The highest BCUT2D eigenvalue weighted by Crippen LogP contribution is 2.25. The second kappa shape index (κ2) is 8.25. The number of aromatic nitrogens is 2. The first kappa shape index (κ1) is 19.8. The monoisotopic (exact) mass is 360 g/mol. The normalized spacial score (nSPS) is 10.8. The van der Waals surface area contributed by atoms with Gasteiger partial charge in [0.2, 0.25) is 0 Å². The van der Waals surface area contributed by atoms with Gasteiger partial charge in [0, 0.05) is 22.8 Å². The molecular weight excluding hydrogens is 332 g/mol. The van der Waals surface area contributed by atoms with E-state index < -0.39 is 0 Å². The molecule has 0 radical (unpaired) electrons. The van der Waals surface area contributed by atoms with Crippen molar-refractivity contribution in [1.82, 2.24) is 9.97 Å². The Balaban J connectivity index is 2.33. The molecular formula is C20H28N2O4. The van der Waals surface area contributed by atoms with Crippen LogP contribution in [0.25, 0.3) is 0 Å². The second-order valence-electron chi connectivity index (χ2n) is 6.40. The second-order valence-corrected chi connectivity index (χ2v) is 6.40. The average Bonchev–Trinajstić information content (AvgIpc) is 3.00. The fraction of sp³-hybridized carbons (Fsp3) is 0.500. The van der Waals surface area contributed by atoms with E-state index in [0.29, 0.717) is 37.2 Å². The number of hydrogen-bond acceptors (Lipinski definition) is 4. The molecule has 2 rings (SSSR count). The SMILES string of the molecule is CCOC(=O)c1c(C)[nH]c(C)c1CCc1c(C)[nH]c(C)c1C(=O)OCC. The van der Waals surface area contributed by atoms with Crippen molar-refractivity contribution in [2.45, 2.75) is 54.4 Å². The number of ether oxygens (including phenoxy) is 2.